The summed E-state index contributed by atoms with van der Waals surface area (Å²) in [6, 6.07) is 13.4. The van der Waals surface area contributed by atoms with Crippen molar-refractivity contribution in [1.82, 2.24) is 24.6 Å². The van der Waals surface area contributed by atoms with Gasteiger partial charge < -0.3 is 5.32 Å². The van der Waals surface area contributed by atoms with Gasteiger partial charge in [0.25, 0.3) is 0 Å². The van der Waals surface area contributed by atoms with E-state index in [-0.39, 0.29) is 11.2 Å². The van der Waals surface area contributed by atoms with Crippen molar-refractivity contribution >= 4 is 35.1 Å². The summed E-state index contributed by atoms with van der Waals surface area (Å²) >= 11 is 7.25. The Balaban J connectivity index is 1.52. The molecule has 1 fully saturated rings. The third-order valence-electron chi connectivity index (χ3n) is 5.16. The topological polar surface area (TPSA) is 75.9 Å². The highest BCUT2D eigenvalue weighted by Gasteiger charge is 2.23. The smallest absolute Gasteiger partial charge is 0.238 e. The van der Waals surface area contributed by atoms with E-state index < -0.39 is 0 Å². The van der Waals surface area contributed by atoms with Crippen LogP contribution in [0.25, 0.3) is 5.69 Å². The maximum atomic E-state index is 12.7. The minimum atomic E-state index is -0.382. The van der Waals surface area contributed by atoms with E-state index in [0.717, 1.165) is 31.1 Å². The zero-order valence-electron chi connectivity index (χ0n) is 17.4. The van der Waals surface area contributed by atoms with Crippen molar-refractivity contribution in [2.75, 3.05) is 18.4 Å². The maximum absolute atomic E-state index is 12.7. The standard InChI is InChI=1S/C22H25ClN6OS/c1-16(21(30)25-19-11-10-17(23)14-24-19)31-22-27-26-20(15-28-12-6-3-7-13-28)29(22)18-8-4-2-5-9-18/h2,4-5,8-11,14,16H,3,6-7,12-13,15H2,1H3,(H,24,25,30). The number of nitrogens with zero attached hydrogens (tertiary/aromatic N) is 5. The minimum Gasteiger partial charge on any atom is -0.310 e. The number of para-hydroxylation sites is 1. The number of hydrogen-bond acceptors (Lipinski definition) is 6. The molecule has 3 aromatic rings. The number of halogens is 1. The fraction of sp³-hybridized carbons (Fsp3) is 0.364. The van der Waals surface area contributed by atoms with E-state index in [1.165, 1.54) is 37.2 Å². The van der Waals surface area contributed by atoms with Crippen molar-refractivity contribution in [2.45, 2.75) is 43.1 Å². The molecule has 0 spiro atoms. The van der Waals surface area contributed by atoms with Crippen LogP contribution in [0.5, 0.6) is 0 Å². The van der Waals surface area contributed by atoms with E-state index in [4.69, 9.17) is 11.6 Å². The van der Waals surface area contributed by atoms with Crippen LogP contribution in [-0.2, 0) is 11.3 Å². The van der Waals surface area contributed by atoms with Gasteiger partial charge in [-0.1, -0.05) is 48.0 Å². The number of rotatable bonds is 7. The van der Waals surface area contributed by atoms with Crippen molar-refractivity contribution < 1.29 is 4.79 Å². The number of likely N-dealkylation sites (tertiary alicyclic amines) is 1. The molecule has 1 aliphatic rings. The molecule has 162 valence electrons. The van der Waals surface area contributed by atoms with Gasteiger partial charge in [-0.05, 0) is 57.1 Å². The highest BCUT2D eigenvalue weighted by molar-refractivity contribution is 8.00. The lowest BCUT2D eigenvalue weighted by Crippen LogP contribution is -2.30. The van der Waals surface area contributed by atoms with Gasteiger partial charge in [-0.2, -0.15) is 0 Å². The van der Waals surface area contributed by atoms with Gasteiger partial charge >= 0.3 is 0 Å². The van der Waals surface area contributed by atoms with E-state index >= 15 is 0 Å². The van der Waals surface area contributed by atoms with Crippen LogP contribution in [0.2, 0.25) is 5.02 Å². The summed E-state index contributed by atoms with van der Waals surface area (Å²) in [4.78, 5) is 19.3. The molecule has 3 heterocycles. The fourth-order valence-corrected chi connectivity index (χ4v) is 4.52. The summed E-state index contributed by atoms with van der Waals surface area (Å²) in [6.45, 7) is 4.76. The van der Waals surface area contributed by atoms with Crippen LogP contribution in [0.1, 0.15) is 32.0 Å². The Morgan fingerprint density at radius 2 is 1.90 bits per heavy atom. The lowest BCUT2D eigenvalue weighted by molar-refractivity contribution is -0.115. The van der Waals surface area contributed by atoms with Gasteiger partial charge in [-0.15, -0.1) is 10.2 Å². The summed E-state index contributed by atoms with van der Waals surface area (Å²) in [5.74, 6) is 1.21. The van der Waals surface area contributed by atoms with E-state index in [2.05, 4.69) is 30.0 Å². The van der Waals surface area contributed by atoms with Crippen LogP contribution in [0.4, 0.5) is 5.82 Å². The van der Waals surface area contributed by atoms with Crippen molar-refractivity contribution in [2.24, 2.45) is 0 Å². The average molecular weight is 457 g/mol. The molecule has 1 aliphatic heterocycles. The quantitative estimate of drug-likeness (QED) is 0.530. The van der Waals surface area contributed by atoms with Gasteiger partial charge in [-0.3, -0.25) is 14.3 Å². The first-order valence-corrected chi connectivity index (χ1v) is 11.7. The molecule has 9 heteroatoms. The summed E-state index contributed by atoms with van der Waals surface area (Å²) in [7, 11) is 0. The number of hydrogen-bond donors (Lipinski definition) is 1. The molecular weight excluding hydrogens is 432 g/mol. The second kappa shape index (κ2) is 10.3. The highest BCUT2D eigenvalue weighted by atomic mass is 35.5. The number of anilines is 1. The van der Waals surface area contributed by atoms with Crippen LogP contribution in [0.3, 0.4) is 0 Å². The number of carbonyl (C=O) groups excluding carboxylic acids is 1. The van der Waals surface area contributed by atoms with Gasteiger partial charge in [0.05, 0.1) is 16.8 Å². The zero-order chi connectivity index (χ0) is 21.6. The van der Waals surface area contributed by atoms with Crippen molar-refractivity contribution in [1.29, 1.82) is 0 Å². The molecule has 1 atom stereocenters. The van der Waals surface area contributed by atoms with Crippen molar-refractivity contribution in [3.8, 4) is 5.69 Å². The van der Waals surface area contributed by atoms with Crippen LogP contribution < -0.4 is 5.32 Å². The Hall–Kier alpha value is -2.42. The van der Waals surface area contributed by atoms with Crippen LogP contribution in [0.15, 0.2) is 53.8 Å². The van der Waals surface area contributed by atoms with Crippen molar-refractivity contribution in [3.63, 3.8) is 0 Å². The highest BCUT2D eigenvalue weighted by Crippen LogP contribution is 2.27. The van der Waals surface area contributed by atoms with Crippen LogP contribution in [-0.4, -0.2) is 48.9 Å². The van der Waals surface area contributed by atoms with Crippen LogP contribution in [0, 0.1) is 0 Å². The molecule has 0 saturated carbocycles. The number of nitrogens with one attached hydrogen (secondary N) is 1. The van der Waals surface area contributed by atoms with Gasteiger partial charge in [0.2, 0.25) is 5.91 Å². The van der Waals surface area contributed by atoms with Gasteiger partial charge in [0, 0.05) is 11.9 Å². The van der Waals surface area contributed by atoms with Crippen molar-refractivity contribution in [3.05, 3.63) is 59.5 Å². The Morgan fingerprint density at radius 1 is 1.13 bits per heavy atom. The first-order chi connectivity index (χ1) is 15.1. The SMILES string of the molecule is CC(Sc1nnc(CN2CCCCC2)n1-c1ccccc1)C(=O)Nc1ccc(Cl)cn1. The number of piperidine rings is 1. The van der Waals surface area contributed by atoms with E-state index in [1.807, 2.05) is 37.3 Å². The lowest BCUT2D eigenvalue weighted by atomic mass is 10.1. The normalized spacial score (nSPS) is 15.5. The molecule has 1 unspecified atom stereocenters. The Kier molecular flexibility index (Phi) is 7.21. The predicted molar refractivity (Wildman–Crippen MR) is 124 cm³/mol. The van der Waals surface area contributed by atoms with Crippen LogP contribution >= 0.6 is 23.4 Å². The van der Waals surface area contributed by atoms with E-state index in [0.29, 0.717) is 16.0 Å². The van der Waals surface area contributed by atoms with Gasteiger partial charge in [0.1, 0.15) is 5.82 Å². The number of aromatic nitrogens is 4. The number of carbonyl (C=O) groups is 1. The summed E-state index contributed by atoms with van der Waals surface area (Å²) in [6.07, 6.45) is 5.24. The monoisotopic (exact) mass is 456 g/mol. The molecule has 1 N–H and O–H groups in total. The average Bonchev–Trinajstić information content (AvgIpc) is 3.18. The summed E-state index contributed by atoms with van der Waals surface area (Å²) in [5, 5.41) is 12.6. The molecule has 31 heavy (non-hydrogen) atoms. The Morgan fingerprint density at radius 3 is 2.61 bits per heavy atom. The fourth-order valence-electron chi connectivity index (χ4n) is 3.52. The second-order valence-electron chi connectivity index (χ2n) is 7.52. The molecule has 0 radical (unpaired) electrons. The third-order valence-corrected chi connectivity index (χ3v) is 6.42. The number of pyridine rings is 1. The number of benzene rings is 1. The molecule has 1 amide bonds. The lowest BCUT2D eigenvalue weighted by Gasteiger charge is -2.26. The molecule has 7 nitrogen and oxygen atoms in total. The summed E-state index contributed by atoms with van der Waals surface area (Å²) in [5.41, 5.74) is 0.994. The molecular formula is C22H25ClN6OS. The molecule has 4 rings (SSSR count). The van der Waals surface area contributed by atoms with E-state index in [9.17, 15) is 4.79 Å². The molecule has 1 saturated heterocycles. The van der Waals surface area contributed by atoms with E-state index in [1.54, 1.807) is 12.1 Å². The van der Waals surface area contributed by atoms with Gasteiger partial charge in [0.15, 0.2) is 11.0 Å². The second-order valence-corrected chi connectivity index (χ2v) is 9.26. The first kappa shape index (κ1) is 21.8. The van der Waals surface area contributed by atoms with Gasteiger partial charge in [-0.25, -0.2) is 4.98 Å². The third kappa shape index (κ3) is 5.64. The first-order valence-electron chi connectivity index (χ1n) is 10.4. The molecule has 2 aromatic heterocycles. The summed E-state index contributed by atoms with van der Waals surface area (Å²) < 4.78 is 2.06. The Labute approximate surface area is 191 Å². The molecule has 1 aromatic carbocycles. The molecule has 0 bridgehead atoms. The number of thioether (sulfide) groups is 1. The Bertz CT molecular complexity index is 1000. The minimum absolute atomic E-state index is 0.153. The number of amides is 1. The zero-order valence-corrected chi connectivity index (χ0v) is 18.9. The molecule has 0 aliphatic carbocycles. The maximum Gasteiger partial charge on any atom is 0.238 e. The largest absolute Gasteiger partial charge is 0.310 e. The predicted octanol–water partition coefficient (Wildman–Crippen LogP) is 4.42.